The van der Waals surface area contributed by atoms with E-state index in [1.54, 1.807) is 0 Å². The lowest BCUT2D eigenvalue weighted by Crippen LogP contribution is -2.11. The summed E-state index contributed by atoms with van der Waals surface area (Å²) < 4.78 is 2.30. The molecule has 3 nitrogen and oxygen atoms in total. The van der Waals surface area contributed by atoms with Crippen LogP contribution in [0.1, 0.15) is 75.7 Å². The van der Waals surface area contributed by atoms with Crippen molar-refractivity contribution in [2.24, 2.45) is 5.92 Å². The van der Waals surface area contributed by atoms with Gasteiger partial charge in [-0.2, -0.15) is 0 Å². The number of nitrogens with two attached hydrogens (primary N) is 1. The molecule has 2 saturated carbocycles. The van der Waals surface area contributed by atoms with Crippen LogP contribution in [0, 0.1) is 5.92 Å². The van der Waals surface area contributed by atoms with Gasteiger partial charge in [-0.05, 0) is 31.6 Å². The van der Waals surface area contributed by atoms with Gasteiger partial charge in [-0.3, -0.25) is 0 Å². The van der Waals surface area contributed by atoms with Crippen LogP contribution < -0.4 is 5.73 Å². The minimum absolute atomic E-state index is 0.703. The Bertz CT molecular complexity index is 425. The van der Waals surface area contributed by atoms with Gasteiger partial charge in [0.1, 0.15) is 11.6 Å². The third-order valence-electron chi connectivity index (χ3n) is 4.71. The summed E-state index contributed by atoms with van der Waals surface area (Å²) in [6, 6.07) is 0. The Morgan fingerprint density at radius 2 is 1.89 bits per heavy atom. The molecule has 0 saturated heterocycles. The van der Waals surface area contributed by atoms with E-state index < -0.39 is 0 Å². The molecule has 0 spiro atoms. The van der Waals surface area contributed by atoms with Gasteiger partial charge in [0.25, 0.3) is 0 Å². The maximum Gasteiger partial charge on any atom is 0.126 e. The average molecular weight is 261 g/mol. The zero-order valence-electron chi connectivity index (χ0n) is 12.2. The summed E-state index contributed by atoms with van der Waals surface area (Å²) in [5.74, 6) is 3.78. The predicted octanol–water partition coefficient (Wildman–Crippen LogP) is 3.88. The van der Waals surface area contributed by atoms with Gasteiger partial charge < -0.3 is 10.3 Å². The maximum atomic E-state index is 6.37. The van der Waals surface area contributed by atoms with Crippen LogP contribution in [0.15, 0.2) is 0 Å². The van der Waals surface area contributed by atoms with Gasteiger partial charge >= 0.3 is 0 Å². The van der Waals surface area contributed by atoms with Crippen molar-refractivity contribution in [3.63, 3.8) is 0 Å². The van der Waals surface area contributed by atoms with E-state index in [2.05, 4.69) is 11.5 Å². The molecule has 0 bridgehead atoms. The number of hydrogen-bond donors (Lipinski definition) is 1. The molecule has 3 rings (SSSR count). The molecule has 1 aromatic heterocycles. The van der Waals surface area contributed by atoms with E-state index in [9.17, 15) is 0 Å². The van der Waals surface area contributed by atoms with Crippen LogP contribution in [-0.4, -0.2) is 9.55 Å². The molecule has 0 amide bonds. The van der Waals surface area contributed by atoms with Crippen LogP contribution in [0.4, 0.5) is 5.82 Å². The second-order valence-electron chi connectivity index (χ2n) is 6.44. The highest BCUT2D eigenvalue weighted by atomic mass is 15.1. The van der Waals surface area contributed by atoms with E-state index in [4.69, 9.17) is 10.7 Å². The minimum atomic E-state index is 0.703. The molecule has 2 N–H and O–H groups in total. The minimum Gasteiger partial charge on any atom is -0.384 e. The van der Waals surface area contributed by atoms with E-state index in [0.717, 1.165) is 31.1 Å². The topological polar surface area (TPSA) is 43.8 Å². The second-order valence-corrected chi connectivity index (χ2v) is 6.44. The van der Waals surface area contributed by atoms with E-state index in [-0.39, 0.29) is 0 Å². The number of nitrogen functional groups attached to an aromatic ring is 1. The quantitative estimate of drug-likeness (QED) is 0.874. The second kappa shape index (κ2) is 5.56. The van der Waals surface area contributed by atoms with Crippen LogP contribution >= 0.6 is 0 Å². The molecule has 3 heteroatoms. The first-order valence-corrected chi connectivity index (χ1v) is 8.14. The highest BCUT2D eigenvalue weighted by Gasteiger charge is 2.31. The summed E-state index contributed by atoms with van der Waals surface area (Å²) in [5, 5.41) is 0. The molecule has 106 valence electrons. The zero-order valence-corrected chi connectivity index (χ0v) is 12.2. The lowest BCUT2D eigenvalue weighted by Gasteiger charge is -2.20. The number of anilines is 1. The number of hydrogen-bond acceptors (Lipinski definition) is 2. The average Bonchev–Trinajstić information content (AvgIpc) is 3.22. The molecule has 19 heavy (non-hydrogen) atoms. The summed E-state index contributed by atoms with van der Waals surface area (Å²) in [6.45, 7) is 3.26. The maximum absolute atomic E-state index is 6.37. The van der Waals surface area contributed by atoms with Gasteiger partial charge in [0.15, 0.2) is 0 Å². The Labute approximate surface area is 116 Å². The van der Waals surface area contributed by atoms with Crippen molar-refractivity contribution < 1.29 is 0 Å². The van der Waals surface area contributed by atoms with Gasteiger partial charge in [0.2, 0.25) is 0 Å². The summed E-state index contributed by atoms with van der Waals surface area (Å²) >= 11 is 0. The Morgan fingerprint density at radius 3 is 2.53 bits per heavy atom. The van der Waals surface area contributed by atoms with Crippen molar-refractivity contribution in [2.75, 3.05) is 5.73 Å². The van der Waals surface area contributed by atoms with Crippen molar-refractivity contribution in [1.29, 1.82) is 0 Å². The third kappa shape index (κ3) is 2.80. The molecule has 2 aliphatic rings. The van der Waals surface area contributed by atoms with Crippen molar-refractivity contribution in [3.05, 3.63) is 11.5 Å². The summed E-state index contributed by atoms with van der Waals surface area (Å²) in [6.07, 6.45) is 11.8. The van der Waals surface area contributed by atoms with Gasteiger partial charge in [0, 0.05) is 12.5 Å². The van der Waals surface area contributed by atoms with Crippen LogP contribution in [-0.2, 0) is 13.0 Å². The largest absolute Gasteiger partial charge is 0.384 e. The van der Waals surface area contributed by atoms with E-state index in [1.807, 2.05) is 0 Å². The first-order chi connectivity index (χ1) is 9.29. The standard InChI is InChI=1S/C16H27N3/c1-2-10-19-15(17)14(18-16(19)13-8-9-13)11-12-6-4-3-5-7-12/h12-13H,2-11,17H2,1H3. The first kappa shape index (κ1) is 13.0. The van der Waals surface area contributed by atoms with Crippen LogP contribution in [0.5, 0.6) is 0 Å². The molecule has 2 aliphatic carbocycles. The fourth-order valence-electron chi connectivity index (χ4n) is 3.46. The lowest BCUT2D eigenvalue weighted by molar-refractivity contribution is 0.355. The number of aromatic nitrogens is 2. The first-order valence-electron chi connectivity index (χ1n) is 8.14. The zero-order chi connectivity index (χ0) is 13.2. The van der Waals surface area contributed by atoms with Crippen molar-refractivity contribution in [1.82, 2.24) is 9.55 Å². The molecule has 0 aliphatic heterocycles. The van der Waals surface area contributed by atoms with E-state index >= 15 is 0 Å². The lowest BCUT2D eigenvalue weighted by atomic mass is 9.86. The Morgan fingerprint density at radius 1 is 1.16 bits per heavy atom. The van der Waals surface area contributed by atoms with Crippen LogP contribution in [0.3, 0.4) is 0 Å². The van der Waals surface area contributed by atoms with E-state index in [1.165, 1.54) is 56.5 Å². The van der Waals surface area contributed by atoms with Crippen molar-refractivity contribution in [2.45, 2.75) is 77.2 Å². The van der Waals surface area contributed by atoms with Gasteiger partial charge in [0.05, 0.1) is 5.69 Å². The van der Waals surface area contributed by atoms with Crippen LogP contribution in [0.2, 0.25) is 0 Å². The van der Waals surface area contributed by atoms with Crippen molar-refractivity contribution >= 4 is 5.82 Å². The molecule has 1 aromatic rings. The van der Waals surface area contributed by atoms with Gasteiger partial charge in [-0.15, -0.1) is 0 Å². The summed E-state index contributed by atoms with van der Waals surface area (Å²) in [4.78, 5) is 4.92. The van der Waals surface area contributed by atoms with Gasteiger partial charge in [-0.25, -0.2) is 4.98 Å². The number of imidazole rings is 1. The molecular weight excluding hydrogens is 234 g/mol. The molecule has 0 aromatic carbocycles. The Kier molecular flexibility index (Phi) is 3.81. The molecular formula is C16H27N3. The van der Waals surface area contributed by atoms with Crippen LogP contribution in [0.25, 0.3) is 0 Å². The smallest absolute Gasteiger partial charge is 0.126 e. The normalized spacial score (nSPS) is 20.9. The highest BCUT2D eigenvalue weighted by Crippen LogP contribution is 2.41. The fourth-order valence-corrected chi connectivity index (χ4v) is 3.46. The molecule has 0 radical (unpaired) electrons. The van der Waals surface area contributed by atoms with E-state index in [0.29, 0.717) is 5.92 Å². The Balaban J connectivity index is 1.78. The van der Waals surface area contributed by atoms with Crippen molar-refractivity contribution in [3.8, 4) is 0 Å². The molecule has 0 unspecified atom stereocenters. The fraction of sp³-hybridized carbons (Fsp3) is 0.812. The third-order valence-corrected chi connectivity index (χ3v) is 4.71. The highest BCUT2D eigenvalue weighted by molar-refractivity contribution is 5.40. The molecule has 1 heterocycles. The molecule has 0 atom stereocenters. The number of rotatable bonds is 5. The Hall–Kier alpha value is -0.990. The SMILES string of the molecule is CCCn1c(C2CC2)nc(CC2CCCCC2)c1N. The van der Waals surface area contributed by atoms with Gasteiger partial charge in [-0.1, -0.05) is 39.0 Å². The molecule has 2 fully saturated rings. The monoisotopic (exact) mass is 261 g/mol. The summed E-state index contributed by atoms with van der Waals surface area (Å²) in [5.41, 5.74) is 7.57. The predicted molar refractivity (Wildman–Crippen MR) is 79.2 cm³/mol. The summed E-state index contributed by atoms with van der Waals surface area (Å²) in [7, 11) is 0. The number of nitrogens with zero attached hydrogens (tertiary/aromatic N) is 2.